The summed E-state index contributed by atoms with van der Waals surface area (Å²) < 4.78 is 12.7. The molecule has 1 heterocycles. The van der Waals surface area contributed by atoms with Gasteiger partial charge in [0.2, 0.25) is 0 Å². The molecule has 1 aromatic heterocycles. The summed E-state index contributed by atoms with van der Waals surface area (Å²) in [6, 6.07) is 15.4. The van der Waals surface area contributed by atoms with Gasteiger partial charge in [-0.05, 0) is 31.5 Å². The monoisotopic (exact) mass is 423 g/mol. The zero-order valence-corrected chi connectivity index (χ0v) is 17.9. The first kappa shape index (κ1) is 21.9. The van der Waals surface area contributed by atoms with Crippen LogP contribution in [0.25, 0.3) is 10.9 Å². The van der Waals surface area contributed by atoms with Gasteiger partial charge in [0, 0.05) is 17.8 Å². The summed E-state index contributed by atoms with van der Waals surface area (Å²) in [4.78, 5) is 29.0. The first-order valence-electron chi connectivity index (χ1n) is 9.70. The predicted molar refractivity (Wildman–Crippen MR) is 117 cm³/mol. The number of fused-ring (bicyclic) bond motifs is 1. The number of oxime groups is 1. The maximum Gasteiger partial charge on any atom is 0.346 e. The van der Waals surface area contributed by atoms with Gasteiger partial charge in [0.1, 0.15) is 12.9 Å². The van der Waals surface area contributed by atoms with E-state index < -0.39 is 18.0 Å². The zero-order chi connectivity index (χ0) is 22.5. The third-order valence-corrected chi connectivity index (χ3v) is 4.98. The van der Waals surface area contributed by atoms with Crippen molar-refractivity contribution in [1.82, 2.24) is 4.57 Å². The van der Waals surface area contributed by atoms with Crippen molar-refractivity contribution in [3.05, 3.63) is 65.4 Å². The van der Waals surface area contributed by atoms with Crippen molar-refractivity contribution in [2.75, 3.05) is 14.2 Å². The summed E-state index contributed by atoms with van der Waals surface area (Å²) in [5, 5.41) is 4.49. The molecule has 0 saturated heterocycles. The number of amides is 1. The molecule has 2 N–H and O–H groups in total. The van der Waals surface area contributed by atoms with Crippen molar-refractivity contribution in [2.24, 2.45) is 10.9 Å². The predicted octanol–water partition coefficient (Wildman–Crippen LogP) is 2.77. The van der Waals surface area contributed by atoms with Crippen LogP contribution < -0.4 is 10.5 Å². The largest absolute Gasteiger partial charge is 0.478 e. The van der Waals surface area contributed by atoms with Crippen LogP contribution in [0.1, 0.15) is 23.7 Å². The number of hydrogen-bond donors (Lipinski definition) is 1. The Morgan fingerprint density at radius 1 is 1.10 bits per heavy atom. The van der Waals surface area contributed by atoms with E-state index in [9.17, 15) is 9.59 Å². The Morgan fingerprint density at radius 2 is 1.81 bits per heavy atom. The van der Waals surface area contributed by atoms with Crippen LogP contribution in [0.4, 0.5) is 0 Å². The molecule has 1 amide bonds. The molecular weight excluding hydrogens is 398 g/mol. The fourth-order valence-electron chi connectivity index (χ4n) is 3.56. The highest BCUT2D eigenvalue weighted by atomic mass is 16.6. The summed E-state index contributed by atoms with van der Waals surface area (Å²) in [5.41, 5.74) is 8.73. The van der Waals surface area contributed by atoms with Crippen molar-refractivity contribution in [3.63, 3.8) is 0 Å². The van der Waals surface area contributed by atoms with Crippen LogP contribution in [-0.2, 0) is 25.7 Å². The number of nitrogens with two attached hydrogens (primary N) is 1. The summed E-state index contributed by atoms with van der Waals surface area (Å²) in [7, 11) is 2.64. The normalized spacial score (nSPS) is 12.5. The van der Waals surface area contributed by atoms with Gasteiger partial charge >= 0.3 is 5.97 Å². The van der Waals surface area contributed by atoms with Gasteiger partial charge in [0.05, 0.1) is 18.0 Å². The summed E-state index contributed by atoms with van der Waals surface area (Å²) in [6.45, 7) is 4.02. The summed E-state index contributed by atoms with van der Waals surface area (Å²) in [5.74, 6) is -0.843. The maximum absolute atomic E-state index is 12.2. The molecule has 8 nitrogen and oxygen atoms in total. The molecule has 0 fully saturated rings. The van der Waals surface area contributed by atoms with E-state index in [0.29, 0.717) is 23.2 Å². The summed E-state index contributed by atoms with van der Waals surface area (Å²) in [6.07, 6.45) is -0.849. The van der Waals surface area contributed by atoms with E-state index in [1.807, 2.05) is 54.0 Å². The zero-order valence-electron chi connectivity index (χ0n) is 17.9. The van der Waals surface area contributed by atoms with Gasteiger partial charge < -0.3 is 24.6 Å². The lowest BCUT2D eigenvalue weighted by Crippen LogP contribution is -2.26. The topological polar surface area (TPSA) is 105 Å². The van der Waals surface area contributed by atoms with E-state index in [2.05, 4.69) is 5.16 Å². The quantitative estimate of drug-likeness (QED) is 0.341. The Balaban J connectivity index is 2.27. The number of methoxy groups -OCH3 is 1. The van der Waals surface area contributed by atoms with E-state index in [4.69, 9.17) is 20.0 Å². The van der Waals surface area contributed by atoms with E-state index >= 15 is 0 Å². The molecule has 0 bridgehead atoms. The van der Waals surface area contributed by atoms with Crippen LogP contribution >= 0.6 is 0 Å². The number of nitrogens with zero attached hydrogens (tertiary/aromatic N) is 2. The van der Waals surface area contributed by atoms with Crippen LogP contribution in [0, 0.1) is 6.92 Å². The average molecular weight is 423 g/mol. The Hall–Kier alpha value is -3.81. The molecule has 8 heteroatoms. The van der Waals surface area contributed by atoms with Crippen LogP contribution in [0.2, 0.25) is 0 Å². The minimum atomic E-state index is -0.849. The number of hydrogen-bond acceptors (Lipinski definition) is 6. The summed E-state index contributed by atoms with van der Waals surface area (Å²) >= 11 is 0. The second kappa shape index (κ2) is 9.34. The van der Waals surface area contributed by atoms with Crippen molar-refractivity contribution in [3.8, 4) is 5.75 Å². The highest BCUT2D eigenvalue weighted by molar-refractivity contribution is 6.47. The third-order valence-electron chi connectivity index (χ3n) is 4.98. The second-order valence-corrected chi connectivity index (χ2v) is 6.95. The molecule has 0 aliphatic rings. The molecule has 0 saturated carbocycles. The molecule has 0 radical (unpaired) electrons. The van der Waals surface area contributed by atoms with Gasteiger partial charge in [0.25, 0.3) is 5.91 Å². The molecule has 0 aliphatic carbocycles. The number of carbonyl (C=O) groups excluding carboxylic acids is 2. The molecule has 162 valence electrons. The Bertz CT molecular complexity index is 1140. The standard InChI is InChI=1S/C23H25N3O5/c1-14-19(21(22(24)27)25-30-4)20-17(26(14)13-16-9-6-5-7-10-16)11-8-12-18(20)31-15(2)23(28)29-3/h5-12,15H,13H2,1-4H3,(H2,24,27)/b25-21+. The number of benzene rings is 2. The number of esters is 1. The second-order valence-electron chi connectivity index (χ2n) is 6.95. The highest BCUT2D eigenvalue weighted by Gasteiger charge is 2.27. The van der Waals surface area contributed by atoms with E-state index in [0.717, 1.165) is 16.8 Å². The number of carbonyl (C=O) groups is 2. The van der Waals surface area contributed by atoms with Crippen molar-refractivity contribution < 1.29 is 23.9 Å². The average Bonchev–Trinajstić information content (AvgIpc) is 3.04. The fourth-order valence-corrected chi connectivity index (χ4v) is 3.56. The molecule has 3 rings (SSSR count). The first-order chi connectivity index (χ1) is 14.9. The lowest BCUT2D eigenvalue weighted by molar-refractivity contribution is -0.147. The Labute approximate surface area is 180 Å². The molecular formula is C23H25N3O5. The molecule has 2 aromatic carbocycles. The van der Waals surface area contributed by atoms with E-state index in [1.54, 1.807) is 13.0 Å². The third kappa shape index (κ3) is 4.37. The fraction of sp³-hybridized carbons (Fsp3) is 0.261. The number of aromatic nitrogens is 1. The molecule has 31 heavy (non-hydrogen) atoms. The van der Waals surface area contributed by atoms with Crippen molar-refractivity contribution in [2.45, 2.75) is 26.5 Å². The molecule has 0 spiro atoms. The van der Waals surface area contributed by atoms with Crippen LogP contribution in [0.5, 0.6) is 5.75 Å². The van der Waals surface area contributed by atoms with Gasteiger partial charge in [-0.25, -0.2) is 4.79 Å². The van der Waals surface area contributed by atoms with Gasteiger partial charge in [-0.2, -0.15) is 0 Å². The van der Waals surface area contributed by atoms with E-state index in [1.165, 1.54) is 14.2 Å². The van der Waals surface area contributed by atoms with Crippen LogP contribution in [-0.4, -0.2) is 42.5 Å². The lowest BCUT2D eigenvalue weighted by atomic mass is 10.0. The Morgan fingerprint density at radius 3 is 2.42 bits per heavy atom. The first-order valence-corrected chi connectivity index (χ1v) is 9.70. The van der Waals surface area contributed by atoms with Crippen molar-refractivity contribution >= 4 is 28.5 Å². The molecule has 1 unspecified atom stereocenters. The molecule has 1 atom stereocenters. The SMILES string of the molecule is CO/N=C(/C(N)=O)c1c(C)n(Cc2ccccc2)c2cccc(OC(C)C(=O)OC)c12. The smallest absolute Gasteiger partial charge is 0.346 e. The highest BCUT2D eigenvalue weighted by Crippen LogP contribution is 2.35. The minimum absolute atomic E-state index is 0.0291. The number of primary amides is 1. The lowest BCUT2D eigenvalue weighted by Gasteiger charge is -2.14. The minimum Gasteiger partial charge on any atom is -0.478 e. The van der Waals surface area contributed by atoms with Gasteiger partial charge in [-0.1, -0.05) is 41.6 Å². The van der Waals surface area contributed by atoms with E-state index in [-0.39, 0.29) is 5.71 Å². The van der Waals surface area contributed by atoms with Crippen LogP contribution in [0.3, 0.4) is 0 Å². The number of rotatable bonds is 8. The molecule has 3 aromatic rings. The van der Waals surface area contributed by atoms with Gasteiger partial charge in [-0.3, -0.25) is 4.79 Å². The van der Waals surface area contributed by atoms with Crippen LogP contribution in [0.15, 0.2) is 53.7 Å². The maximum atomic E-state index is 12.2. The molecule has 0 aliphatic heterocycles. The van der Waals surface area contributed by atoms with Gasteiger partial charge in [-0.15, -0.1) is 0 Å². The van der Waals surface area contributed by atoms with Gasteiger partial charge in [0.15, 0.2) is 11.8 Å². The Kier molecular flexibility index (Phi) is 6.59. The number of ether oxygens (including phenoxy) is 2. The van der Waals surface area contributed by atoms with Crippen molar-refractivity contribution in [1.29, 1.82) is 0 Å².